The lowest BCUT2D eigenvalue weighted by Gasteiger charge is -2.31. The summed E-state index contributed by atoms with van der Waals surface area (Å²) in [6.07, 6.45) is 1.40. The number of carboxylic acids is 1. The molecule has 1 unspecified atom stereocenters. The summed E-state index contributed by atoms with van der Waals surface area (Å²) < 4.78 is 45.9. The van der Waals surface area contributed by atoms with Gasteiger partial charge in [0.1, 0.15) is 18.1 Å². The van der Waals surface area contributed by atoms with E-state index in [0.717, 1.165) is 41.5 Å². The van der Waals surface area contributed by atoms with Gasteiger partial charge in [0.15, 0.2) is 6.10 Å². The summed E-state index contributed by atoms with van der Waals surface area (Å²) in [4.78, 5) is 12.7. The molecule has 1 atom stereocenters. The number of sulfonamides is 1. The van der Waals surface area contributed by atoms with E-state index in [4.69, 9.17) is 14.2 Å². The summed E-state index contributed by atoms with van der Waals surface area (Å²) in [5.41, 5.74) is 4.12. The van der Waals surface area contributed by atoms with Gasteiger partial charge in [-0.15, -0.1) is 0 Å². The molecule has 9 heteroatoms. The van der Waals surface area contributed by atoms with Crippen LogP contribution in [0.1, 0.15) is 61.1 Å². The molecule has 1 heterocycles. The molecule has 4 rings (SSSR count). The minimum atomic E-state index is -3.74. The zero-order chi connectivity index (χ0) is 29.2. The van der Waals surface area contributed by atoms with Gasteiger partial charge in [0.05, 0.1) is 24.2 Å². The molecule has 0 amide bonds. The van der Waals surface area contributed by atoms with Crippen LogP contribution in [0.5, 0.6) is 11.5 Å². The molecule has 40 heavy (non-hydrogen) atoms. The van der Waals surface area contributed by atoms with Crippen LogP contribution in [0.2, 0.25) is 0 Å². The van der Waals surface area contributed by atoms with Crippen molar-refractivity contribution in [2.75, 3.05) is 17.6 Å². The topological polar surface area (TPSA) is 111 Å². The van der Waals surface area contributed by atoms with E-state index < -0.39 is 27.7 Å². The number of carbonyl (C=O) groups is 1. The standard InChI is InChI=1S/C31H37NO7S/c1-19-26(29(30(33)34)39-31(3,4)5)25(23-14-15-24-22(17-23)13-10-16-37-24)20(2)28(27(19)32-40(6,35)36)38-18-21-11-8-7-9-12-21/h7-9,11-12,14-15,17,29,32H,10,13,16,18H2,1-6H3,(H,33,34). The number of rotatable bonds is 9. The Morgan fingerprint density at radius 2 is 1.80 bits per heavy atom. The predicted octanol–water partition coefficient (Wildman–Crippen LogP) is 6.19. The summed E-state index contributed by atoms with van der Waals surface area (Å²) in [6, 6.07) is 15.4. The molecule has 214 valence electrons. The van der Waals surface area contributed by atoms with Gasteiger partial charge in [0, 0.05) is 11.1 Å². The number of hydrogen-bond donors (Lipinski definition) is 2. The van der Waals surface area contributed by atoms with Crippen molar-refractivity contribution in [3.05, 3.63) is 76.3 Å². The Morgan fingerprint density at radius 1 is 1.10 bits per heavy atom. The first-order valence-electron chi connectivity index (χ1n) is 13.2. The molecule has 1 aliphatic heterocycles. The molecule has 0 saturated heterocycles. The van der Waals surface area contributed by atoms with Crippen LogP contribution >= 0.6 is 0 Å². The first-order chi connectivity index (χ1) is 18.7. The van der Waals surface area contributed by atoms with Crippen molar-refractivity contribution in [3.63, 3.8) is 0 Å². The highest BCUT2D eigenvalue weighted by atomic mass is 32.2. The number of aryl methyl sites for hydroxylation is 1. The van der Waals surface area contributed by atoms with Crippen LogP contribution in [0.4, 0.5) is 5.69 Å². The second-order valence-corrected chi connectivity index (χ2v) is 12.9. The Kier molecular flexibility index (Phi) is 8.46. The number of carboxylic acid groups (broad SMARTS) is 1. The number of anilines is 1. The third-order valence-corrected chi connectivity index (χ3v) is 7.23. The Bertz CT molecular complexity index is 1510. The van der Waals surface area contributed by atoms with E-state index in [2.05, 4.69) is 4.72 Å². The van der Waals surface area contributed by atoms with Crippen LogP contribution in [-0.2, 0) is 32.6 Å². The van der Waals surface area contributed by atoms with Gasteiger partial charge in [0.25, 0.3) is 0 Å². The minimum absolute atomic E-state index is 0.192. The van der Waals surface area contributed by atoms with Crippen molar-refractivity contribution in [1.29, 1.82) is 0 Å². The fourth-order valence-electron chi connectivity index (χ4n) is 5.02. The smallest absolute Gasteiger partial charge is 0.337 e. The summed E-state index contributed by atoms with van der Waals surface area (Å²) >= 11 is 0. The van der Waals surface area contributed by atoms with E-state index in [1.54, 1.807) is 27.7 Å². The molecular formula is C31H37NO7S. The van der Waals surface area contributed by atoms with Gasteiger partial charge in [-0.2, -0.15) is 0 Å². The van der Waals surface area contributed by atoms with Gasteiger partial charge in [-0.05, 0) is 87.4 Å². The number of benzene rings is 3. The number of hydrogen-bond acceptors (Lipinski definition) is 6. The van der Waals surface area contributed by atoms with Crippen molar-refractivity contribution in [2.24, 2.45) is 0 Å². The second-order valence-electron chi connectivity index (χ2n) is 11.1. The van der Waals surface area contributed by atoms with Crippen LogP contribution in [0.3, 0.4) is 0 Å². The van der Waals surface area contributed by atoms with E-state index in [-0.39, 0.29) is 12.3 Å². The Labute approximate surface area is 236 Å². The van der Waals surface area contributed by atoms with Crippen LogP contribution < -0.4 is 14.2 Å². The molecule has 2 N–H and O–H groups in total. The van der Waals surface area contributed by atoms with Gasteiger partial charge in [-0.1, -0.05) is 36.4 Å². The molecule has 3 aromatic carbocycles. The number of fused-ring (bicyclic) bond motifs is 1. The van der Waals surface area contributed by atoms with Crippen LogP contribution in [0, 0.1) is 13.8 Å². The van der Waals surface area contributed by atoms with Gasteiger partial charge >= 0.3 is 5.97 Å². The average molecular weight is 568 g/mol. The predicted molar refractivity (Wildman–Crippen MR) is 156 cm³/mol. The van der Waals surface area contributed by atoms with Crippen molar-refractivity contribution in [2.45, 2.75) is 65.8 Å². The number of aliphatic carboxylic acids is 1. The lowest BCUT2D eigenvalue weighted by atomic mass is 9.85. The summed E-state index contributed by atoms with van der Waals surface area (Å²) in [6.45, 7) is 9.72. The highest BCUT2D eigenvalue weighted by Crippen LogP contribution is 2.47. The van der Waals surface area contributed by atoms with E-state index in [1.807, 2.05) is 55.5 Å². The average Bonchev–Trinajstić information content (AvgIpc) is 2.88. The maximum atomic E-state index is 12.7. The summed E-state index contributed by atoms with van der Waals surface area (Å²) in [5.74, 6) is -0.0369. The Balaban J connectivity index is 2.03. The van der Waals surface area contributed by atoms with E-state index in [9.17, 15) is 18.3 Å². The highest BCUT2D eigenvalue weighted by Gasteiger charge is 2.35. The van der Waals surface area contributed by atoms with Crippen molar-refractivity contribution in [1.82, 2.24) is 0 Å². The molecule has 3 aromatic rings. The zero-order valence-electron chi connectivity index (χ0n) is 23.8. The second kappa shape index (κ2) is 11.5. The Hall–Kier alpha value is -3.56. The summed E-state index contributed by atoms with van der Waals surface area (Å²) in [7, 11) is -3.74. The highest BCUT2D eigenvalue weighted by molar-refractivity contribution is 7.92. The zero-order valence-corrected chi connectivity index (χ0v) is 24.6. The molecule has 0 radical (unpaired) electrons. The van der Waals surface area contributed by atoms with Gasteiger partial charge < -0.3 is 19.3 Å². The SMILES string of the molecule is Cc1c(OCc2ccccc2)c(NS(C)(=O)=O)c(C)c(C(OC(C)(C)C)C(=O)O)c1-c1ccc2c(c1)CCCO2. The fourth-order valence-corrected chi connectivity index (χ4v) is 5.63. The molecule has 0 saturated carbocycles. The molecule has 0 aliphatic carbocycles. The van der Waals surface area contributed by atoms with Crippen molar-refractivity contribution in [3.8, 4) is 22.6 Å². The number of nitrogens with one attached hydrogen (secondary N) is 1. The maximum Gasteiger partial charge on any atom is 0.337 e. The van der Waals surface area contributed by atoms with Crippen LogP contribution in [0.25, 0.3) is 11.1 Å². The van der Waals surface area contributed by atoms with Crippen molar-refractivity contribution < 1.29 is 32.5 Å². The third kappa shape index (κ3) is 6.77. The third-order valence-electron chi connectivity index (χ3n) is 6.66. The first kappa shape index (κ1) is 29.4. The van der Waals surface area contributed by atoms with E-state index in [1.165, 1.54) is 0 Å². The van der Waals surface area contributed by atoms with Crippen LogP contribution in [-0.4, -0.2) is 38.0 Å². The Morgan fingerprint density at radius 3 is 2.42 bits per heavy atom. The summed E-state index contributed by atoms with van der Waals surface area (Å²) in [5, 5.41) is 10.4. The van der Waals surface area contributed by atoms with Crippen molar-refractivity contribution >= 4 is 21.7 Å². The minimum Gasteiger partial charge on any atom is -0.493 e. The molecule has 0 aromatic heterocycles. The molecule has 0 spiro atoms. The molecular weight excluding hydrogens is 530 g/mol. The quantitative estimate of drug-likeness (QED) is 0.317. The lowest BCUT2D eigenvalue weighted by molar-refractivity contribution is -0.160. The number of ether oxygens (including phenoxy) is 3. The van der Waals surface area contributed by atoms with Gasteiger partial charge in [0.2, 0.25) is 10.0 Å². The molecule has 0 bridgehead atoms. The molecule has 1 aliphatic rings. The molecule has 0 fully saturated rings. The van der Waals surface area contributed by atoms with E-state index in [0.29, 0.717) is 34.6 Å². The largest absolute Gasteiger partial charge is 0.493 e. The van der Waals surface area contributed by atoms with E-state index >= 15 is 0 Å². The maximum absolute atomic E-state index is 12.7. The normalized spacial score (nSPS) is 14.2. The molecule has 8 nitrogen and oxygen atoms in total. The lowest BCUT2D eigenvalue weighted by Crippen LogP contribution is -2.29. The van der Waals surface area contributed by atoms with Gasteiger partial charge in [-0.3, -0.25) is 4.72 Å². The van der Waals surface area contributed by atoms with Crippen LogP contribution in [0.15, 0.2) is 48.5 Å². The monoisotopic (exact) mass is 567 g/mol. The fraction of sp³-hybridized carbons (Fsp3) is 0.387. The first-order valence-corrected chi connectivity index (χ1v) is 15.1. The van der Waals surface area contributed by atoms with Gasteiger partial charge in [-0.25, -0.2) is 13.2 Å².